The predicted molar refractivity (Wildman–Crippen MR) is 45.9 cm³/mol. The number of carbonyl (C=O) groups excluding carboxylic acids is 1. The minimum atomic E-state index is -0.598. The second-order valence-corrected chi connectivity index (χ2v) is 3.41. The van der Waals surface area contributed by atoms with Crippen LogP contribution >= 0.6 is 0 Å². The lowest BCUT2D eigenvalue weighted by atomic mass is 9.96. The van der Waals surface area contributed by atoms with E-state index in [4.69, 9.17) is 5.26 Å². The molecule has 0 aliphatic rings. The second-order valence-electron chi connectivity index (χ2n) is 3.41. The number of nitrogens with one attached hydrogen (secondary N) is 2. The molecule has 2 N–H and O–H groups in total. The summed E-state index contributed by atoms with van der Waals surface area (Å²) in [6, 6.07) is 2.06. The Hall–Kier alpha value is -1.97. The molecule has 1 aromatic heterocycles. The zero-order chi connectivity index (χ0) is 10.6. The van der Waals surface area contributed by atoms with Gasteiger partial charge in [0.2, 0.25) is 0 Å². The lowest BCUT2D eigenvalue weighted by Gasteiger charge is -2.14. The number of tetrazole rings is 1. The maximum absolute atomic E-state index is 11.3. The van der Waals surface area contributed by atoms with Gasteiger partial charge in [0.25, 0.3) is 11.7 Å². The second kappa shape index (κ2) is 3.83. The third-order valence-electron chi connectivity index (χ3n) is 1.54. The van der Waals surface area contributed by atoms with E-state index in [-0.39, 0.29) is 12.4 Å². The molecule has 0 radical (unpaired) electrons. The first kappa shape index (κ1) is 10.1. The Balaban J connectivity index is 2.49. The Kier molecular flexibility index (Phi) is 2.76. The lowest BCUT2D eigenvalue weighted by molar-refractivity contribution is 0.0933. The maximum atomic E-state index is 11.3. The van der Waals surface area contributed by atoms with Crippen LogP contribution in [0.1, 0.15) is 24.5 Å². The Labute approximate surface area is 80.5 Å². The van der Waals surface area contributed by atoms with Crippen LogP contribution in [0, 0.1) is 16.7 Å². The van der Waals surface area contributed by atoms with Crippen LogP contribution in [0.3, 0.4) is 0 Å². The van der Waals surface area contributed by atoms with E-state index in [1.165, 1.54) is 0 Å². The molecule has 14 heavy (non-hydrogen) atoms. The van der Waals surface area contributed by atoms with E-state index < -0.39 is 11.3 Å². The van der Waals surface area contributed by atoms with Gasteiger partial charge in [-0.15, -0.1) is 10.2 Å². The third kappa shape index (κ3) is 2.52. The number of carbonyl (C=O) groups is 1. The van der Waals surface area contributed by atoms with E-state index in [0.29, 0.717) is 0 Å². The fourth-order valence-electron chi connectivity index (χ4n) is 0.678. The zero-order valence-electron chi connectivity index (χ0n) is 7.90. The number of hydrogen-bond acceptors (Lipinski definition) is 5. The van der Waals surface area contributed by atoms with Crippen molar-refractivity contribution in [2.45, 2.75) is 13.8 Å². The highest BCUT2D eigenvalue weighted by Crippen LogP contribution is 2.10. The van der Waals surface area contributed by atoms with E-state index in [1.807, 2.05) is 0 Å². The van der Waals surface area contributed by atoms with Crippen LogP contribution < -0.4 is 5.32 Å². The van der Waals surface area contributed by atoms with Gasteiger partial charge in [-0.25, -0.2) is 0 Å². The number of nitriles is 1. The molecule has 0 unspecified atom stereocenters. The number of aromatic amines is 1. The molecule has 0 bridgehead atoms. The van der Waals surface area contributed by atoms with Crippen LogP contribution in [-0.2, 0) is 0 Å². The van der Waals surface area contributed by atoms with Crippen LogP contribution in [0.5, 0.6) is 0 Å². The van der Waals surface area contributed by atoms with Crippen molar-refractivity contribution < 1.29 is 4.79 Å². The SMILES string of the molecule is CC(C)(C#N)CNC(=O)c1nn[nH]n1. The van der Waals surface area contributed by atoms with E-state index >= 15 is 0 Å². The van der Waals surface area contributed by atoms with Crippen LogP contribution in [-0.4, -0.2) is 33.1 Å². The summed E-state index contributed by atoms with van der Waals surface area (Å²) >= 11 is 0. The summed E-state index contributed by atoms with van der Waals surface area (Å²) in [5, 5.41) is 23.6. The van der Waals surface area contributed by atoms with Crippen molar-refractivity contribution in [2.24, 2.45) is 5.41 Å². The Morgan fingerprint density at radius 2 is 2.43 bits per heavy atom. The predicted octanol–water partition coefficient (Wildman–Crippen LogP) is -0.521. The molecule has 1 rings (SSSR count). The summed E-state index contributed by atoms with van der Waals surface area (Å²) in [4.78, 5) is 11.3. The molecule has 0 fully saturated rings. The largest absolute Gasteiger partial charge is 0.348 e. The van der Waals surface area contributed by atoms with Crippen molar-refractivity contribution in [3.63, 3.8) is 0 Å². The quantitative estimate of drug-likeness (QED) is 0.673. The minimum absolute atomic E-state index is 0.0289. The molecule has 1 aromatic rings. The maximum Gasteiger partial charge on any atom is 0.292 e. The zero-order valence-corrected chi connectivity index (χ0v) is 7.90. The number of H-pyrrole nitrogens is 1. The van der Waals surface area contributed by atoms with E-state index in [1.54, 1.807) is 13.8 Å². The van der Waals surface area contributed by atoms with Crippen molar-refractivity contribution in [3.8, 4) is 6.07 Å². The monoisotopic (exact) mass is 194 g/mol. The highest BCUT2D eigenvalue weighted by molar-refractivity contribution is 5.90. The molecule has 0 atom stereocenters. The Morgan fingerprint density at radius 3 is 2.93 bits per heavy atom. The molecule has 7 nitrogen and oxygen atoms in total. The number of aromatic nitrogens is 4. The van der Waals surface area contributed by atoms with Crippen molar-refractivity contribution >= 4 is 5.91 Å². The molecule has 1 heterocycles. The molecular formula is C7H10N6O. The fourth-order valence-corrected chi connectivity index (χ4v) is 0.678. The highest BCUT2D eigenvalue weighted by atomic mass is 16.2. The summed E-state index contributed by atoms with van der Waals surface area (Å²) in [6.07, 6.45) is 0. The van der Waals surface area contributed by atoms with Gasteiger partial charge in [-0.2, -0.15) is 10.5 Å². The van der Waals surface area contributed by atoms with Crippen molar-refractivity contribution in [3.05, 3.63) is 5.82 Å². The number of hydrogen-bond donors (Lipinski definition) is 2. The van der Waals surface area contributed by atoms with E-state index in [2.05, 4.69) is 32.0 Å². The molecule has 74 valence electrons. The number of rotatable bonds is 3. The molecule has 0 spiro atoms. The molecular weight excluding hydrogens is 184 g/mol. The topological polar surface area (TPSA) is 107 Å². The van der Waals surface area contributed by atoms with Gasteiger partial charge in [0.05, 0.1) is 11.5 Å². The van der Waals surface area contributed by atoms with Crippen molar-refractivity contribution in [2.75, 3.05) is 6.54 Å². The molecule has 0 aliphatic carbocycles. The van der Waals surface area contributed by atoms with Crippen LogP contribution in [0.15, 0.2) is 0 Å². The fraction of sp³-hybridized carbons (Fsp3) is 0.571. The molecule has 7 heteroatoms. The van der Waals surface area contributed by atoms with Crippen LogP contribution in [0.4, 0.5) is 0 Å². The number of amides is 1. The van der Waals surface area contributed by atoms with Crippen molar-refractivity contribution in [1.82, 2.24) is 25.9 Å². The highest BCUT2D eigenvalue weighted by Gasteiger charge is 2.19. The van der Waals surface area contributed by atoms with E-state index in [9.17, 15) is 4.79 Å². The first-order valence-electron chi connectivity index (χ1n) is 3.98. The number of nitrogens with zero attached hydrogens (tertiary/aromatic N) is 4. The molecule has 0 aromatic carbocycles. The van der Waals surface area contributed by atoms with Gasteiger partial charge in [0.1, 0.15) is 0 Å². The molecule has 0 aliphatic heterocycles. The molecule has 0 saturated heterocycles. The summed E-state index contributed by atoms with van der Waals surface area (Å²) in [7, 11) is 0. The molecule has 0 saturated carbocycles. The van der Waals surface area contributed by atoms with Crippen LogP contribution in [0.2, 0.25) is 0 Å². The standard InChI is InChI=1S/C7H10N6O/c1-7(2,3-8)4-9-6(14)5-10-12-13-11-5/h4H2,1-2H3,(H,9,14)(H,10,11,12,13). The average molecular weight is 194 g/mol. The van der Waals surface area contributed by atoms with Gasteiger partial charge in [-0.1, -0.05) is 0 Å². The van der Waals surface area contributed by atoms with Gasteiger partial charge < -0.3 is 5.32 Å². The van der Waals surface area contributed by atoms with Gasteiger partial charge in [-0.05, 0) is 19.1 Å². The smallest absolute Gasteiger partial charge is 0.292 e. The van der Waals surface area contributed by atoms with Gasteiger partial charge in [0, 0.05) is 6.54 Å². The lowest BCUT2D eigenvalue weighted by Crippen LogP contribution is -2.33. The summed E-state index contributed by atoms with van der Waals surface area (Å²) in [6.45, 7) is 3.70. The average Bonchev–Trinajstić information content (AvgIpc) is 2.67. The van der Waals surface area contributed by atoms with Gasteiger partial charge in [-0.3, -0.25) is 4.79 Å². The minimum Gasteiger partial charge on any atom is -0.348 e. The first-order chi connectivity index (χ1) is 6.55. The van der Waals surface area contributed by atoms with Gasteiger partial charge in [0.15, 0.2) is 0 Å². The third-order valence-corrected chi connectivity index (χ3v) is 1.54. The summed E-state index contributed by atoms with van der Waals surface area (Å²) < 4.78 is 0. The summed E-state index contributed by atoms with van der Waals surface area (Å²) in [5.41, 5.74) is -0.598. The normalized spacial score (nSPS) is 10.6. The van der Waals surface area contributed by atoms with Crippen molar-refractivity contribution in [1.29, 1.82) is 5.26 Å². The van der Waals surface area contributed by atoms with E-state index in [0.717, 1.165) is 0 Å². The van der Waals surface area contributed by atoms with Crippen LogP contribution in [0.25, 0.3) is 0 Å². The molecule has 1 amide bonds. The Bertz CT molecular complexity index is 349. The Morgan fingerprint density at radius 1 is 1.71 bits per heavy atom. The first-order valence-corrected chi connectivity index (χ1v) is 3.98. The van der Waals surface area contributed by atoms with Gasteiger partial charge >= 0.3 is 0 Å². The summed E-state index contributed by atoms with van der Waals surface area (Å²) in [5.74, 6) is -0.471.